The SMILES string of the molecule is CCCCCC(O)CCCC(O)CCCCCCCC(=O)OC. The van der Waals surface area contributed by atoms with E-state index in [1.165, 1.54) is 20.0 Å². The third kappa shape index (κ3) is 16.0. The van der Waals surface area contributed by atoms with Crippen LogP contribution in [-0.4, -0.2) is 35.5 Å². The van der Waals surface area contributed by atoms with Crippen molar-refractivity contribution in [1.29, 1.82) is 0 Å². The van der Waals surface area contributed by atoms with E-state index < -0.39 is 0 Å². The average molecular weight is 331 g/mol. The summed E-state index contributed by atoms with van der Waals surface area (Å²) in [5.74, 6) is -0.127. The van der Waals surface area contributed by atoms with Gasteiger partial charge in [0.25, 0.3) is 0 Å². The Balaban J connectivity index is 3.33. The zero-order chi connectivity index (χ0) is 17.3. The number of aliphatic hydroxyl groups excluding tert-OH is 2. The molecular formula is C19H38O4. The van der Waals surface area contributed by atoms with Gasteiger partial charge >= 0.3 is 5.97 Å². The molecule has 0 bridgehead atoms. The van der Waals surface area contributed by atoms with Crippen LogP contribution >= 0.6 is 0 Å². The van der Waals surface area contributed by atoms with Gasteiger partial charge in [0, 0.05) is 6.42 Å². The molecule has 2 atom stereocenters. The maximum atomic E-state index is 10.9. The fourth-order valence-electron chi connectivity index (χ4n) is 2.79. The number of esters is 1. The molecule has 0 aliphatic rings. The lowest BCUT2D eigenvalue weighted by molar-refractivity contribution is -0.140. The molecule has 0 rings (SSSR count). The molecule has 0 radical (unpaired) electrons. The molecule has 0 aliphatic carbocycles. The largest absolute Gasteiger partial charge is 0.469 e. The van der Waals surface area contributed by atoms with Crippen LogP contribution in [0.2, 0.25) is 0 Å². The highest BCUT2D eigenvalue weighted by Crippen LogP contribution is 2.14. The highest BCUT2D eigenvalue weighted by Gasteiger charge is 2.08. The summed E-state index contributed by atoms with van der Waals surface area (Å²) in [4.78, 5) is 10.9. The summed E-state index contributed by atoms with van der Waals surface area (Å²) in [7, 11) is 1.42. The Kier molecular flexibility index (Phi) is 15.8. The van der Waals surface area contributed by atoms with Crippen LogP contribution in [-0.2, 0) is 9.53 Å². The molecular weight excluding hydrogens is 292 g/mol. The molecule has 23 heavy (non-hydrogen) atoms. The van der Waals surface area contributed by atoms with Crippen molar-refractivity contribution in [3.8, 4) is 0 Å². The highest BCUT2D eigenvalue weighted by atomic mass is 16.5. The van der Waals surface area contributed by atoms with E-state index in [4.69, 9.17) is 0 Å². The van der Waals surface area contributed by atoms with Crippen molar-refractivity contribution in [3.05, 3.63) is 0 Å². The van der Waals surface area contributed by atoms with Gasteiger partial charge in [0.15, 0.2) is 0 Å². The summed E-state index contributed by atoms with van der Waals surface area (Å²) < 4.78 is 4.60. The van der Waals surface area contributed by atoms with E-state index in [1.54, 1.807) is 0 Å². The van der Waals surface area contributed by atoms with E-state index in [-0.39, 0.29) is 18.2 Å². The first-order valence-corrected chi connectivity index (χ1v) is 9.53. The first-order chi connectivity index (χ1) is 11.1. The molecule has 0 aromatic rings. The monoisotopic (exact) mass is 330 g/mol. The first-order valence-electron chi connectivity index (χ1n) is 9.53. The van der Waals surface area contributed by atoms with Crippen molar-refractivity contribution in [2.45, 2.75) is 109 Å². The number of aliphatic hydroxyl groups is 2. The van der Waals surface area contributed by atoms with Crippen LogP contribution in [0.25, 0.3) is 0 Å². The van der Waals surface area contributed by atoms with Gasteiger partial charge in [-0.25, -0.2) is 0 Å². The average Bonchev–Trinajstić information content (AvgIpc) is 2.53. The van der Waals surface area contributed by atoms with E-state index >= 15 is 0 Å². The number of carbonyl (C=O) groups excluding carboxylic acids is 1. The standard InChI is InChI=1S/C19H38O4/c1-3-4-8-12-17(20)14-11-15-18(21)13-9-6-5-7-10-16-19(22)23-2/h17-18,20-21H,3-16H2,1-2H3. The van der Waals surface area contributed by atoms with Crippen LogP contribution in [0.3, 0.4) is 0 Å². The number of methoxy groups -OCH3 is 1. The van der Waals surface area contributed by atoms with E-state index in [0.717, 1.165) is 70.6 Å². The van der Waals surface area contributed by atoms with E-state index in [9.17, 15) is 15.0 Å². The fraction of sp³-hybridized carbons (Fsp3) is 0.947. The van der Waals surface area contributed by atoms with Gasteiger partial charge in [0.1, 0.15) is 0 Å². The molecule has 0 saturated carbocycles. The zero-order valence-corrected chi connectivity index (χ0v) is 15.3. The maximum Gasteiger partial charge on any atom is 0.305 e. The van der Waals surface area contributed by atoms with E-state index in [1.807, 2.05) is 0 Å². The van der Waals surface area contributed by atoms with Gasteiger partial charge in [-0.1, -0.05) is 51.9 Å². The molecule has 0 heterocycles. The summed E-state index contributed by atoms with van der Waals surface area (Å²) in [6, 6.07) is 0. The lowest BCUT2D eigenvalue weighted by Crippen LogP contribution is -2.10. The molecule has 0 fully saturated rings. The highest BCUT2D eigenvalue weighted by molar-refractivity contribution is 5.68. The minimum absolute atomic E-state index is 0.127. The zero-order valence-electron chi connectivity index (χ0n) is 15.3. The van der Waals surface area contributed by atoms with Crippen molar-refractivity contribution < 1.29 is 19.7 Å². The topological polar surface area (TPSA) is 66.8 Å². The van der Waals surface area contributed by atoms with Crippen molar-refractivity contribution in [3.63, 3.8) is 0 Å². The summed E-state index contributed by atoms with van der Waals surface area (Å²) in [6.45, 7) is 2.17. The normalized spacial score (nSPS) is 13.7. The van der Waals surface area contributed by atoms with Crippen molar-refractivity contribution in [2.75, 3.05) is 7.11 Å². The second kappa shape index (κ2) is 16.3. The van der Waals surface area contributed by atoms with Gasteiger partial charge in [-0.3, -0.25) is 4.79 Å². The molecule has 4 nitrogen and oxygen atoms in total. The number of hydrogen-bond acceptors (Lipinski definition) is 4. The van der Waals surface area contributed by atoms with Crippen LogP contribution in [0.1, 0.15) is 96.8 Å². The molecule has 2 unspecified atom stereocenters. The van der Waals surface area contributed by atoms with Crippen LogP contribution in [0.5, 0.6) is 0 Å². The third-order valence-corrected chi connectivity index (χ3v) is 4.36. The van der Waals surface area contributed by atoms with Gasteiger partial charge in [-0.2, -0.15) is 0 Å². The Morgan fingerprint density at radius 1 is 0.783 bits per heavy atom. The van der Waals surface area contributed by atoms with Gasteiger partial charge in [0.2, 0.25) is 0 Å². The van der Waals surface area contributed by atoms with Gasteiger partial charge < -0.3 is 14.9 Å². The number of carbonyl (C=O) groups is 1. The molecule has 0 saturated heterocycles. The minimum Gasteiger partial charge on any atom is -0.469 e. The predicted molar refractivity (Wildman–Crippen MR) is 94.3 cm³/mol. The summed E-state index contributed by atoms with van der Waals surface area (Å²) in [5.41, 5.74) is 0. The first kappa shape index (κ1) is 22.4. The number of hydrogen-bond donors (Lipinski definition) is 2. The molecule has 0 amide bonds. The van der Waals surface area contributed by atoms with Crippen LogP contribution in [0, 0.1) is 0 Å². The number of ether oxygens (including phenoxy) is 1. The van der Waals surface area contributed by atoms with Crippen molar-refractivity contribution >= 4 is 5.97 Å². The van der Waals surface area contributed by atoms with Gasteiger partial charge in [-0.05, 0) is 38.5 Å². The Morgan fingerprint density at radius 2 is 1.26 bits per heavy atom. The quantitative estimate of drug-likeness (QED) is 0.326. The molecule has 0 aromatic carbocycles. The van der Waals surface area contributed by atoms with Crippen LogP contribution in [0.15, 0.2) is 0 Å². The van der Waals surface area contributed by atoms with Crippen LogP contribution < -0.4 is 0 Å². The van der Waals surface area contributed by atoms with Gasteiger partial charge in [0.05, 0.1) is 19.3 Å². The Bertz CT molecular complexity index is 268. The second-order valence-electron chi connectivity index (χ2n) is 6.62. The number of rotatable bonds is 16. The lowest BCUT2D eigenvalue weighted by Gasteiger charge is -2.13. The minimum atomic E-state index is -0.229. The van der Waals surface area contributed by atoms with Crippen molar-refractivity contribution in [1.82, 2.24) is 0 Å². The molecule has 2 N–H and O–H groups in total. The molecule has 4 heteroatoms. The van der Waals surface area contributed by atoms with Crippen LogP contribution in [0.4, 0.5) is 0 Å². The Morgan fingerprint density at radius 3 is 1.83 bits per heavy atom. The lowest BCUT2D eigenvalue weighted by atomic mass is 10.0. The summed E-state index contributed by atoms with van der Waals surface area (Å²) in [5, 5.41) is 19.8. The van der Waals surface area contributed by atoms with E-state index in [0.29, 0.717) is 6.42 Å². The fourth-order valence-corrected chi connectivity index (χ4v) is 2.79. The summed E-state index contributed by atoms with van der Waals surface area (Å²) >= 11 is 0. The van der Waals surface area contributed by atoms with Crippen molar-refractivity contribution in [2.24, 2.45) is 0 Å². The predicted octanol–water partition coefficient (Wildman–Crippen LogP) is 4.36. The van der Waals surface area contributed by atoms with E-state index in [2.05, 4.69) is 11.7 Å². The third-order valence-electron chi connectivity index (χ3n) is 4.36. The molecule has 0 aliphatic heterocycles. The van der Waals surface area contributed by atoms with Gasteiger partial charge in [-0.15, -0.1) is 0 Å². The smallest absolute Gasteiger partial charge is 0.305 e. The second-order valence-corrected chi connectivity index (χ2v) is 6.62. The summed E-state index contributed by atoms with van der Waals surface area (Å²) in [6.07, 6.45) is 13.1. The Labute approximate surface area is 142 Å². The molecule has 138 valence electrons. The number of unbranched alkanes of at least 4 members (excludes halogenated alkanes) is 6. The molecule has 0 spiro atoms. The molecule has 0 aromatic heterocycles. The maximum absolute atomic E-state index is 10.9. The Hall–Kier alpha value is -0.610.